The Morgan fingerprint density at radius 3 is 2.50 bits per heavy atom. The van der Waals surface area contributed by atoms with Crippen molar-refractivity contribution in [2.75, 3.05) is 19.6 Å². The van der Waals surface area contributed by atoms with Gasteiger partial charge in [-0.3, -0.25) is 0 Å². The Morgan fingerprint density at radius 2 is 1.85 bits per heavy atom. The van der Waals surface area contributed by atoms with Gasteiger partial charge in [-0.1, -0.05) is 25.1 Å². The number of benzene rings is 1. The normalized spacial score (nSPS) is 28.3. The number of likely N-dealkylation sites (tertiary alicyclic amines) is 1. The van der Waals surface area contributed by atoms with Gasteiger partial charge in [0.25, 0.3) is 0 Å². The van der Waals surface area contributed by atoms with Gasteiger partial charge < -0.3 is 10.2 Å². The van der Waals surface area contributed by atoms with Crippen molar-refractivity contribution in [1.82, 2.24) is 10.2 Å². The van der Waals surface area contributed by atoms with Crippen molar-refractivity contribution >= 4 is 0 Å². The molecule has 3 rings (SSSR count). The third kappa shape index (κ3) is 3.04. The van der Waals surface area contributed by atoms with E-state index >= 15 is 0 Å². The number of halogens is 1. The van der Waals surface area contributed by atoms with Crippen molar-refractivity contribution in [1.29, 1.82) is 0 Å². The van der Waals surface area contributed by atoms with E-state index in [1.54, 1.807) is 12.1 Å². The van der Waals surface area contributed by atoms with Crippen molar-refractivity contribution in [2.45, 2.75) is 50.6 Å². The quantitative estimate of drug-likeness (QED) is 0.909. The third-order valence-corrected chi connectivity index (χ3v) is 4.99. The van der Waals surface area contributed by atoms with Crippen LogP contribution in [0.5, 0.6) is 0 Å². The van der Waals surface area contributed by atoms with Crippen LogP contribution in [0.25, 0.3) is 0 Å². The van der Waals surface area contributed by atoms with E-state index in [4.69, 9.17) is 0 Å². The number of nitrogens with one attached hydrogen (secondary N) is 1. The van der Waals surface area contributed by atoms with Crippen LogP contribution in [0.1, 0.15) is 44.1 Å². The van der Waals surface area contributed by atoms with Gasteiger partial charge in [-0.2, -0.15) is 0 Å². The lowest BCUT2D eigenvalue weighted by Crippen LogP contribution is -2.50. The molecule has 1 saturated carbocycles. The van der Waals surface area contributed by atoms with E-state index < -0.39 is 0 Å². The molecule has 2 fully saturated rings. The Kier molecular flexibility index (Phi) is 4.37. The van der Waals surface area contributed by atoms with Gasteiger partial charge in [0.1, 0.15) is 5.82 Å². The Bertz CT molecular complexity index is 434. The zero-order chi connectivity index (χ0) is 13.9. The van der Waals surface area contributed by atoms with Crippen LogP contribution < -0.4 is 5.32 Å². The van der Waals surface area contributed by atoms with Gasteiger partial charge in [-0.25, -0.2) is 4.39 Å². The molecule has 0 bridgehead atoms. The van der Waals surface area contributed by atoms with E-state index in [9.17, 15) is 4.39 Å². The van der Waals surface area contributed by atoms with Crippen LogP contribution in [0.15, 0.2) is 24.3 Å². The highest BCUT2D eigenvalue weighted by Crippen LogP contribution is 2.38. The smallest absolute Gasteiger partial charge is 0.126 e. The molecular weight excluding hydrogens is 251 g/mol. The number of rotatable bonds is 4. The number of hydrogen-bond acceptors (Lipinski definition) is 2. The standard InChI is InChI=1S/C17H25FN2/c1-2-20-9-7-14(8-10-20)19-15-11-13(12-15)16-5-3-4-6-17(16)18/h3-6,13-15,19H,2,7-12H2,1H3. The molecule has 2 nitrogen and oxygen atoms in total. The lowest BCUT2D eigenvalue weighted by atomic mass is 9.75. The van der Waals surface area contributed by atoms with E-state index in [0.717, 1.165) is 18.4 Å². The van der Waals surface area contributed by atoms with Gasteiger partial charge in [-0.15, -0.1) is 0 Å². The topological polar surface area (TPSA) is 15.3 Å². The number of piperidine rings is 1. The average Bonchev–Trinajstić information content (AvgIpc) is 2.44. The average molecular weight is 276 g/mol. The number of hydrogen-bond donors (Lipinski definition) is 1. The molecule has 2 aliphatic rings. The van der Waals surface area contributed by atoms with Crippen molar-refractivity contribution in [3.05, 3.63) is 35.6 Å². The maximum absolute atomic E-state index is 13.7. The first-order valence-electron chi connectivity index (χ1n) is 7.99. The van der Waals surface area contributed by atoms with Gasteiger partial charge in [0, 0.05) is 12.1 Å². The van der Waals surface area contributed by atoms with Gasteiger partial charge in [-0.05, 0) is 62.9 Å². The maximum Gasteiger partial charge on any atom is 0.126 e. The van der Waals surface area contributed by atoms with E-state index in [2.05, 4.69) is 17.1 Å². The van der Waals surface area contributed by atoms with Crippen LogP contribution >= 0.6 is 0 Å². The van der Waals surface area contributed by atoms with Crippen LogP contribution in [0.3, 0.4) is 0 Å². The Morgan fingerprint density at radius 1 is 1.15 bits per heavy atom. The summed E-state index contributed by atoms with van der Waals surface area (Å²) in [5.41, 5.74) is 0.909. The zero-order valence-corrected chi connectivity index (χ0v) is 12.3. The van der Waals surface area contributed by atoms with Gasteiger partial charge >= 0.3 is 0 Å². The summed E-state index contributed by atoms with van der Waals surface area (Å²) in [5, 5.41) is 3.77. The Hall–Kier alpha value is -0.930. The van der Waals surface area contributed by atoms with Gasteiger partial charge in [0.15, 0.2) is 0 Å². The summed E-state index contributed by atoms with van der Waals surface area (Å²) in [6, 6.07) is 8.50. The fraction of sp³-hybridized carbons (Fsp3) is 0.647. The second-order valence-corrected chi connectivity index (χ2v) is 6.26. The van der Waals surface area contributed by atoms with Crippen LogP contribution in [0.2, 0.25) is 0 Å². The van der Waals surface area contributed by atoms with Crippen molar-refractivity contribution < 1.29 is 4.39 Å². The van der Waals surface area contributed by atoms with Crippen molar-refractivity contribution in [2.24, 2.45) is 0 Å². The first-order valence-corrected chi connectivity index (χ1v) is 7.99. The molecule has 1 aromatic rings. The van der Waals surface area contributed by atoms with Crippen LogP contribution in [-0.2, 0) is 0 Å². The minimum atomic E-state index is -0.0350. The summed E-state index contributed by atoms with van der Waals surface area (Å²) in [5.74, 6) is 0.386. The van der Waals surface area contributed by atoms with E-state index in [-0.39, 0.29) is 5.82 Å². The minimum Gasteiger partial charge on any atom is -0.311 e. The predicted octanol–water partition coefficient (Wildman–Crippen LogP) is 3.15. The van der Waals surface area contributed by atoms with E-state index in [0.29, 0.717) is 18.0 Å². The second kappa shape index (κ2) is 6.23. The van der Waals surface area contributed by atoms with Crippen molar-refractivity contribution in [3.8, 4) is 0 Å². The SMILES string of the molecule is CCN1CCC(NC2CC(c3ccccc3F)C2)CC1. The molecule has 1 N–H and O–H groups in total. The molecule has 0 aromatic heterocycles. The summed E-state index contributed by atoms with van der Waals surface area (Å²) in [6.07, 6.45) is 4.70. The summed E-state index contributed by atoms with van der Waals surface area (Å²) >= 11 is 0. The monoisotopic (exact) mass is 276 g/mol. The summed E-state index contributed by atoms with van der Waals surface area (Å²) < 4.78 is 13.7. The minimum absolute atomic E-state index is 0.0350. The highest BCUT2D eigenvalue weighted by molar-refractivity contribution is 5.24. The summed E-state index contributed by atoms with van der Waals surface area (Å²) in [4.78, 5) is 2.51. The molecule has 3 heteroatoms. The lowest BCUT2D eigenvalue weighted by molar-refractivity contribution is 0.175. The first kappa shape index (κ1) is 14.0. The molecule has 20 heavy (non-hydrogen) atoms. The fourth-order valence-electron chi connectivity index (χ4n) is 3.56. The van der Waals surface area contributed by atoms with Crippen LogP contribution in [0.4, 0.5) is 4.39 Å². The van der Waals surface area contributed by atoms with Gasteiger partial charge in [0.2, 0.25) is 0 Å². The Labute approximate surface area is 121 Å². The summed E-state index contributed by atoms with van der Waals surface area (Å²) in [6.45, 7) is 5.85. The fourth-order valence-corrected chi connectivity index (χ4v) is 3.56. The molecule has 1 aliphatic heterocycles. The highest BCUT2D eigenvalue weighted by Gasteiger charge is 2.33. The molecule has 0 radical (unpaired) electrons. The van der Waals surface area contributed by atoms with Crippen molar-refractivity contribution in [3.63, 3.8) is 0 Å². The zero-order valence-electron chi connectivity index (χ0n) is 12.3. The van der Waals surface area contributed by atoms with Gasteiger partial charge in [0.05, 0.1) is 0 Å². The second-order valence-electron chi connectivity index (χ2n) is 6.26. The molecule has 0 amide bonds. The summed E-state index contributed by atoms with van der Waals surface area (Å²) in [7, 11) is 0. The Balaban J connectivity index is 1.44. The van der Waals surface area contributed by atoms with Crippen LogP contribution in [0, 0.1) is 5.82 Å². The van der Waals surface area contributed by atoms with E-state index in [1.165, 1.54) is 32.5 Å². The molecule has 110 valence electrons. The highest BCUT2D eigenvalue weighted by atomic mass is 19.1. The largest absolute Gasteiger partial charge is 0.311 e. The molecule has 1 heterocycles. The molecular formula is C17H25FN2. The molecule has 1 saturated heterocycles. The lowest BCUT2D eigenvalue weighted by Gasteiger charge is -2.41. The maximum atomic E-state index is 13.7. The molecule has 0 spiro atoms. The molecule has 0 unspecified atom stereocenters. The van der Waals surface area contributed by atoms with E-state index in [1.807, 2.05) is 12.1 Å². The third-order valence-electron chi connectivity index (χ3n) is 4.99. The van der Waals surface area contributed by atoms with Crippen LogP contribution in [-0.4, -0.2) is 36.6 Å². The molecule has 0 atom stereocenters. The number of nitrogens with zero attached hydrogens (tertiary/aromatic N) is 1. The molecule has 1 aliphatic carbocycles. The predicted molar refractivity (Wildman–Crippen MR) is 80.4 cm³/mol. The first-order chi connectivity index (χ1) is 9.76. The molecule has 1 aromatic carbocycles.